The number of benzene rings is 2. The number of nitrogens with one attached hydrogen (secondary N) is 1. The standard InChI is InChI=1S/C24H23F3N6O4/c1-32-9-10-36-20-19(32)21(28-13-14-7-8-17(34-2)18(11-14)35-3)31-33-22(29-30-23(20)33)15-5-4-6-16(12-15)37-24(25,26)27/h4-8,11-12H,9-10,13H2,1-3H3,(H,28,31). The maximum Gasteiger partial charge on any atom is 0.573 e. The SMILES string of the molecule is COc1ccc(CNc2nn3c(-c4cccc(OC(F)(F)F)c4)nnc3c3c2N(C)CCO3)cc1OC. The Balaban J connectivity index is 1.55. The van der Waals surface area contributed by atoms with Crippen LogP contribution >= 0.6 is 0 Å². The topological polar surface area (TPSA) is 95.3 Å². The number of rotatable bonds is 7. The lowest BCUT2D eigenvalue weighted by molar-refractivity contribution is -0.274. The van der Waals surface area contributed by atoms with Crippen LogP contribution in [0.15, 0.2) is 42.5 Å². The maximum atomic E-state index is 12.7. The Bertz CT molecular complexity index is 1440. The average Bonchev–Trinajstić information content (AvgIpc) is 3.30. The Morgan fingerprint density at radius 1 is 1.05 bits per heavy atom. The number of ether oxygens (including phenoxy) is 4. The van der Waals surface area contributed by atoms with Gasteiger partial charge in [0.1, 0.15) is 18.0 Å². The van der Waals surface area contributed by atoms with E-state index in [1.54, 1.807) is 20.3 Å². The minimum Gasteiger partial charge on any atom is -0.493 e. The first kappa shape index (κ1) is 24.3. The van der Waals surface area contributed by atoms with Crippen LogP contribution in [-0.4, -0.2) is 60.6 Å². The zero-order valence-electron chi connectivity index (χ0n) is 20.2. The Hall–Kier alpha value is -4.42. The van der Waals surface area contributed by atoms with Gasteiger partial charge in [0, 0.05) is 19.2 Å². The Morgan fingerprint density at radius 3 is 2.62 bits per heavy atom. The van der Waals surface area contributed by atoms with Crippen molar-refractivity contribution in [3.05, 3.63) is 48.0 Å². The lowest BCUT2D eigenvalue weighted by atomic mass is 10.2. The molecule has 4 aromatic rings. The third kappa shape index (κ3) is 4.84. The Morgan fingerprint density at radius 2 is 1.86 bits per heavy atom. The summed E-state index contributed by atoms with van der Waals surface area (Å²) in [7, 11) is 5.05. The van der Waals surface area contributed by atoms with Crippen molar-refractivity contribution >= 4 is 17.2 Å². The van der Waals surface area contributed by atoms with Gasteiger partial charge in [-0.3, -0.25) is 0 Å². The highest BCUT2D eigenvalue weighted by Gasteiger charge is 2.31. The van der Waals surface area contributed by atoms with Gasteiger partial charge in [-0.15, -0.1) is 28.5 Å². The molecule has 2 aromatic carbocycles. The minimum atomic E-state index is -4.82. The van der Waals surface area contributed by atoms with Crippen LogP contribution in [0.5, 0.6) is 23.0 Å². The number of aromatic nitrogens is 4. The molecule has 0 atom stereocenters. The van der Waals surface area contributed by atoms with Gasteiger partial charge >= 0.3 is 6.36 Å². The molecule has 0 fully saturated rings. The highest BCUT2D eigenvalue weighted by molar-refractivity contribution is 5.82. The molecule has 194 valence electrons. The summed E-state index contributed by atoms with van der Waals surface area (Å²) >= 11 is 0. The summed E-state index contributed by atoms with van der Waals surface area (Å²) in [6.07, 6.45) is -4.82. The molecule has 2 aromatic heterocycles. The number of anilines is 2. The molecule has 0 aliphatic carbocycles. The van der Waals surface area contributed by atoms with Crippen LogP contribution in [0, 0.1) is 0 Å². The summed E-state index contributed by atoms with van der Waals surface area (Å²) < 4.78 is 60.4. The summed E-state index contributed by atoms with van der Waals surface area (Å²) in [5, 5.41) is 16.5. The normalized spacial score (nSPS) is 13.2. The second kappa shape index (κ2) is 9.56. The van der Waals surface area contributed by atoms with Gasteiger partial charge in [0.05, 0.1) is 20.8 Å². The quantitative estimate of drug-likeness (QED) is 0.389. The van der Waals surface area contributed by atoms with Crippen molar-refractivity contribution in [1.29, 1.82) is 0 Å². The summed E-state index contributed by atoms with van der Waals surface area (Å²) in [5.41, 5.74) is 2.30. The van der Waals surface area contributed by atoms with Crippen molar-refractivity contribution in [2.75, 3.05) is 44.6 Å². The van der Waals surface area contributed by atoms with Crippen molar-refractivity contribution in [2.45, 2.75) is 12.9 Å². The van der Waals surface area contributed by atoms with E-state index in [1.807, 2.05) is 30.1 Å². The van der Waals surface area contributed by atoms with Gasteiger partial charge in [-0.1, -0.05) is 18.2 Å². The Labute approximate surface area is 209 Å². The molecule has 0 saturated carbocycles. The van der Waals surface area contributed by atoms with Crippen molar-refractivity contribution < 1.29 is 32.1 Å². The first-order valence-electron chi connectivity index (χ1n) is 11.2. The molecule has 10 nitrogen and oxygen atoms in total. The zero-order valence-corrected chi connectivity index (χ0v) is 20.2. The maximum absolute atomic E-state index is 12.7. The molecule has 0 unspecified atom stereocenters. The van der Waals surface area contributed by atoms with E-state index in [0.29, 0.717) is 59.7 Å². The third-order valence-corrected chi connectivity index (χ3v) is 5.77. The molecule has 5 rings (SSSR count). The van der Waals surface area contributed by atoms with Crippen molar-refractivity contribution in [3.63, 3.8) is 0 Å². The van der Waals surface area contributed by atoms with Crippen LogP contribution in [0.3, 0.4) is 0 Å². The van der Waals surface area contributed by atoms with Crippen molar-refractivity contribution in [3.8, 4) is 34.4 Å². The number of fused-ring (bicyclic) bond motifs is 3. The molecule has 3 heterocycles. The first-order valence-corrected chi connectivity index (χ1v) is 11.2. The second-order valence-corrected chi connectivity index (χ2v) is 8.17. The third-order valence-electron chi connectivity index (χ3n) is 5.77. The molecule has 0 bridgehead atoms. The molecule has 0 saturated heterocycles. The van der Waals surface area contributed by atoms with E-state index in [9.17, 15) is 13.2 Å². The number of methoxy groups -OCH3 is 2. The summed E-state index contributed by atoms with van der Waals surface area (Å²) in [5.74, 6) is 2.03. The van der Waals surface area contributed by atoms with Crippen LogP contribution in [0.4, 0.5) is 24.7 Å². The average molecular weight is 516 g/mol. The fourth-order valence-corrected chi connectivity index (χ4v) is 4.07. The number of alkyl halides is 3. The van der Waals surface area contributed by atoms with E-state index in [1.165, 1.54) is 22.7 Å². The zero-order chi connectivity index (χ0) is 26.2. The molecule has 0 spiro atoms. The van der Waals surface area contributed by atoms with Gasteiger partial charge in [-0.05, 0) is 29.8 Å². The summed E-state index contributed by atoms with van der Waals surface area (Å²) in [4.78, 5) is 1.99. The van der Waals surface area contributed by atoms with Crippen LogP contribution in [0.25, 0.3) is 17.0 Å². The molecular weight excluding hydrogens is 493 g/mol. The fraction of sp³-hybridized carbons (Fsp3) is 0.292. The summed E-state index contributed by atoms with van der Waals surface area (Å²) in [6, 6.07) is 11.0. The Kier molecular flexibility index (Phi) is 6.27. The lowest BCUT2D eigenvalue weighted by Gasteiger charge is -2.29. The van der Waals surface area contributed by atoms with Crippen LogP contribution in [0.2, 0.25) is 0 Å². The van der Waals surface area contributed by atoms with Gasteiger partial charge in [0.15, 0.2) is 28.9 Å². The molecule has 37 heavy (non-hydrogen) atoms. The minimum absolute atomic E-state index is 0.233. The highest BCUT2D eigenvalue weighted by atomic mass is 19.4. The number of likely N-dealkylation sites (N-methyl/N-ethyl adjacent to an activating group) is 1. The van der Waals surface area contributed by atoms with Gasteiger partial charge in [-0.25, -0.2) is 0 Å². The number of halogens is 3. The van der Waals surface area contributed by atoms with E-state index < -0.39 is 6.36 Å². The molecule has 1 aliphatic heterocycles. The van der Waals surface area contributed by atoms with Crippen LogP contribution < -0.4 is 29.2 Å². The van der Waals surface area contributed by atoms with E-state index in [-0.39, 0.29) is 11.6 Å². The first-order chi connectivity index (χ1) is 17.8. The smallest absolute Gasteiger partial charge is 0.493 e. The van der Waals surface area contributed by atoms with E-state index >= 15 is 0 Å². The molecule has 0 amide bonds. The molecule has 0 radical (unpaired) electrons. The predicted molar refractivity (Wildman–Crippen MR) is 129 cm³/mol. The van der Waals surface area contributed by atoms with Gasteiger partial charge < -0.3 is 29.2 Å². The van der Waals surface area contributed by atoms with E-state index in [2.05, 4.69) is 20.3 Å². The van der Waals surface area contributed by atoms with E-state index in [4.69, 9.17) is 19.3 Å². The van der Waals surface area contributed by atoms with Crippen molar-refractivity contribution in [2.24, 2.45) is 0 Å². The number of nitrogens with zero attached hydrogens (tertiary/aromatic N) is 5. The van der Waals surface area contributed by atoms with Crippen molar-refractivity contribution in [1.82, 2.24) is 19.8 Å². The van der Waals surface area contributed by atoms with Gasteiger partial charge in [0.2, 0.25) is 5.65 Å². The van der Waals surface area contributed by atoms with Gasteiger partial charge in [0.25, 0.3) is 0 Å². The van der Waals surface area contributed by atoms with Crippen LogP contribution in [0.1, 0.15) is 5.56 Å². The fourth-order valence-electron chi connectivity index (χ4n) is 4.07. The van der Waals surface area contributed by atoms with Crippen LogP contribution in [-0.2, 0) is 6.54 Å². The summed E-state index contributed by atoms with van der Waals surface area (Å²) in [6.45, 7) is 1.45. The lowest BCUT2D eigenvalue weighted by Crippen LogP contribution is -2.30. The molecule has 1 N–H and O–H groups in total. The predicted octanol–water partition coefficient (Wildman–Crippen LogP) is 4.15. The molecular formula is C24H23F3N6O4. The number of hydrogen-bond donors (Lipinski definition) is 1. The molecule has 1 aliphatic rings. The van der Waals surface area contributed by atoms with Gasteiger partial charge in [-0.2, -0.15) is 4.52 Å². The number of hydrogen-bond acceptors (Lipinski definition) is 9. The van der Waals surface area contributed by atoms with E-state index in [0.717, 1.165) is 5.56 Å². The molecule has 13 heteroatoms. The largest absolute Gasteiger partial charge is 0.573 e. The highest BCUT2D eigenvalue weighted by Crippen LogP contribution is 2.40. The second-order valence-electron chi connectivity index (χ2n) is 8.17. The monoisotopic (exact) mass is 516 g/mol.